The number of nitrogens with zero attached hydrogens (tertiary/aromatic N) is 3. The van der Waals surface area contributed by atoms with Crippen LogP contribution in [0, 0.1) is 6.92 Å². The van der Waals surface area contributed by atoms with E-state index in [-0.39, 0.29) is 6.04 Å². The van der Waals surface area contributed by atoms with Gasteiger partial charge in [0.15, 0.2) is 5.82 Å². The minimum absolute atomic E-state index is 0.00191. The lowest BCUT2D eigenvalue weighted by atomic mass is 10.1. The van der Waals surface area contributed by atoms with Crippen molar-refractivity contribution in [3.63, 3.8) is 0 Å². The molecule has 1 N–H and O–H groups in total. The number of benzene rings is 1. The van der Waals surface area contributed by atoms with Gasteiger partial charge in [-0.25, -0.2) is 0 Å². The van der Waals surface area contributed by atoms with Crippen molar-refractivity contribution in [2.45, 2.75) is 38.6 Å². The minimum Gasteiger partial charge on any atom is -0.378 e. The van der Waals surface area contributed by atoms with E-state index >= 15 is 0 Å². The summed E-state index contributed by atoms with van der Waals surface area (Å²) >= 11 is 0. The van der Waals surface area contributed by atoms with E-state index in [1.807, 2.05) is 0 Å². The molecule has 6 nitrogen and oxygen atoms in total. The number of hydrogen-bond acceptors (Lipinski definition) is 6. The fraction of sp³-hybridized carbons (Fsp3) is 0.556. The van der Waals surface area contributed by atoms with Crippen LogP contribution in [-0.4, -0.2) is 36.4 Å². The molecule has 0 bridgehead atoms. The average Bonchev–Trinajstić information content (AvgIpc) is 3.34. The Balaban J connectivity index is 1.44. The number of nitrogens with one attached hydrogen (secondary N) is 1. The summed E-state index contributed by atoms with van der Waals surface area (Å²) in [6.45, 7) is 7.69. The van der Waals surface area contributed by atoms with E-state index in [0.29, 0.717) is 11.8 Å². The van der Waals surface area contributed by atoms with Crippen LogP contribution >= 0.6 is 0 Å². The molecular formula is C18H24N4O2. The van der Waals surface area contributed by atoms with E-state index < -0.39 is 0 Å². The third-order valence-electron chi connectivity index (χ3n) is 4.73. The van der Waals surface area contributed by atoms with Gasteiger partial charge in [0.2, 0.25) is 5.89 Å². The monoisotopic (exact) mass is 328 g/mol. The lowest BCUT2D eigenvalue weighted by Crippen LogP contribution is -2.36. The first-order chi connectivity index (χ1) is 11.7. The molecule has 2 heterocycles. The van der Waals surface area contributed by atoms with Gasteiger partial charge in [-0.3, -0.25) is 0 Å². The number of rotatable bonds is 5. The van der Waals surface area contributed by atoms with Crippen LogP contribution in [0.1, 0.15) is 49.0 Å². The number of ether oxygens (including phenoxy) is 1. The molecule has 1 aliphatic carbocycles. The second-order valence-corrected chi connectivity index (χ2v) is 6.73. The van der Waals surface area contributed by atoms with Crippen molar-refractivity contribution in [3.05, 3.63) is 35.5 Å². The molecule has 2 fully saturated rings. The number of aryl methyl sites for hydroxylation is 1. The van der Waals surface area contributed by atoms with Crippen molar-refractivity contribution >= 4 is 11.4 Å². The van der Waals surface area contributed by atoms with E-state index in [1.54, 1.807) is 0 Å². The maximum Gasteiger partial charge on any atom is 0.248 e. The summed E-state index contributed by atoms with van der Waals surface area (Å²) in [7, 11) is 0. The molecule has 0 spiro atoms. The van der Waals surface area contributed by atoms with Crippen molar-refractivity contribution in [2.75, 3.05) is 36.5 Å². The molecule has 1 saturated heterocycles. The Labute approximate surface area is 142 Å². The number of hydrogen-bond donors (Lipinski definition) is 1. The van der Waals surface area contributed by atoms with E-state index in [9.17, 15) is 0 Å². The smallest absolute Gasteiger partial charge is 0.248 e. The molecule has 2 aromatic rings. The second kappa shape index (κ2) is 6.43. The molecule has 24 heavy (non-hydrogen) atoms. The molecule has 1 unspecified atom stereocenters. The zero-order valence-electron chi connectivity index (χ0n) is 14.3. The molecule has 0 radical (unpaired) electrons. The van der Waals surface area contributed by atoms with Crippen molar-refractivity contribution < 1.29 is 9.26 Å². The van der Waals surface area contributed by atoms with Crippen LogP contribution in [0.3, 0.4) is 0 Å². The number of morpholine rings is 1. The summed E-state index contributed by atoms with van der Waals surface area (Å²) in [6.07, 6.45) is 2.37. The van der Waals surface area contributed by atoms with E-state index in [1.165, 1.54) is 24.1 Å². The van der Waals surface area contributed by atoms with Crippen LogP contribution in [0.15, 0.2) is 22.7 Å². The molecule has 1 saturated carbocycles. The quantitative estimate of drug-likeness (QED) is 0.909. The highest BCUT2D eigenvalue weighted by Crippen LogP contribution is 2.38. The molecular weight excluding hydrogens is 304 g/mol. The molecule has 1 aromatic heterocycles. The standard InChI is InChI=1S/C18H24N4O2/c1-12-11-15(22-7-9-23-10-8-22)5-6-16(12)19-13(2)18-20-17(21-24-18)14-3-4-14/h5-6,11,13-14,19H,3-4,7-10H2,1-2H3. The molecule has 2 aliphatic rings. The first-order valence-corrected chi connectivity index (χ1v) is 8.74. The van der Waals surface area contributed by atoms with Crippen LogP contribution in [0.25, 0.3) is 0 Å². The predicted molar refractivity (Wildman–Crippen MR) is 92.5 cm³/mol. The van der Waals surface area contributed by atoms with E-state index in [4.69, 9.17) is 9.26 Å². The topological polar surface area (TPSA) is 63.4 Å². The van der Waals surface area contributed by atoms with Gasteiger partial charge in [-0.1, -0.05) is 5.16 Å². The van der Waals surface area contributed by atoms with E-state index in [2.05, 4.69) is 52.4 Å². The highest BCUT2D eigenvalue weighted by atomic mass is 16.5. The van der Waals surface area contributed by atoms with E-state index in [0.717, 1.165) is 37.8 Å². The first kappa shape index (κ1) is 15.4. The summed E-state index contributed by atoms with van der Waals surface area (Å²) in [6, 6.07) is 6.52. The van der Waals surface area contributed by atoms with Gasteiger partial charge in [-0.15, -0.1) is 0 Å². The first-order valence-electron chi connectivity index (χ1n) is 8.74. The van der Waals surface area contributed by atoms with Gasteiger partial charge in [0.1, 0.15) is 6.04 Å². The zero-order valence-corrected chi connectivity index (χ0v) is 14.3. The summed E-state index contributed by atoms with van der Waals surface area (Å²) in [5.41, 5.74) is 3.57. The summed E-state index contributed by atoms with van der Waals surface area (Å²) < 4.78 is 10.8. The minimum atomic E-state index is -0.00191. The van der Waals surface area contributed by atoms with Crippen LogP contribution in [0.4, 0.5) is 11.4 Å². The van der Waals surface area contributed by atoms with Crippen LogP contribution in [-0.2, 0) is 4.74 Å². The van der Waals surface area contributed by atoms with Gasteiger partial charge in [-0.05, 0) is 50.5 Å². The zero-order chi connectivity index (χ0) is 16.5. The highest BCUT2D eigenvalue weighted by Gasteiger charge is 2.29. The van der Waals surface area contributed by atoms with Crippen molar-refractivity contribution in [2.24, 2.45) is 0 Å². The molecule has 4 rings (SSSR count). The second-order valence-electron chi connectivity index (χ2n) is 6.73. The third kappa shape index (κ3) is 3.24. The summed E-state index contributed by atoms with van der Waals surface area (Å²) in [5.74, 6) is 2.04. The van der Waals surface area contributed by atoms with Gasteiger partial charge in [-0.2, -0.15) is 4.98 Å². The van der Waals surface area contributed by atoms with Gasteiger partial charge >= 0.3 is 0 Å². The SMILES string of the molecule is Cc1cc(N2CCOCC2)ccc1NC(C)c1nc(C2CC2)no1. The molecule has 1 atom stereocenters. The number of anilines is 2. The van der Waals surface area contributed by atoms with Crippen molar-refractivity contribution in [1.82, 2.24) is 10.1 Å². The molecule has 1 aliphatic heterocycles. The van der Waals surface area contributed by atoms with Gasteiger partial charge in [0.05, 0.1) is 13.2 Å². The average molecular weight is 328 g/mol. The van der Waals surface area contributed by atoms with Gasteiger partial charge in [0.25, 0.3) is 0 Å². The Morgan fingerprint density at radius 3 is 2.75 bits per heavy atom. The fourth-order valence-corrected chi connectivity index (χ4v) is 3.05. The molecule has 0 amide bonds. The Kier molecular flexibility index (Phi) is 4.14. The molecule has 1 aromatic carbocycles. The fourth-order valence-electron chi connectivity index (χ4n) is 3.05. The Morgan fingerprint density at radius 1 is 1.25 bits per heavy atom. The predicted octanol–water partition coefficient (Wildman–Crippen LogP) is 3.27. The van der Waals surface area contributed by atoms with Crippen molar-refractivity contribution in [3.8, 4) is 0 Å². The Bertz CT molecular complexity index is 705. The normalized spacial score (nSPS) is 19.3. The lowest BCUT2D eigenvalue weighted by molar-refractivity contribution is 0.122. The maximum absolute atomic E-state index is 5.42. The maximum atomic E-state index is 5.42. The summed E-state index contributed by atoms with van der Waals surface area (Å²) in [4.78, 5) is 6.89. The lowest BCUT2D eigenvalue weighted by Gasteiger charge is -2.29. The number of aromatic nitrogens is 2. The Hall–Kier alpha value is -2.08. The highest BCUT2D eigenvalue weighted by molar-refractivity contribution is 5.60. The Morgan fingerprint density at radius 2 is 2.04 bits per heavy atom. The van der Waals surface area contributed by atoms with Gasteiger partial charge in [0, 0.05) is 30.4 Å². The van der Waals surface area contributed by atoms with Crippen LogP contribution in [0.2, 0.25) is 0 Å². The van der Waals surface area contributed by atoms with Crippen molar-refractivity contribution in [1.29, 1.82) is 0 Å². The van der Waals surface area contributed by atoms with Crippen LogP contribution < -0.4 is 10.2 Å². The third-order valence-corrected chi connectivity index (χ3v) is 4.73. The molecule has 128 valence electrons. The molecule has 6 heteroatoms. The summed E-state index contributed by atoms with van der Waals surface area (Å²) in [5, 5.41) is 7.58. The van der Waals surface area contributed by atoms with Crippen LogP contribution in [0.5, 0.6) is 0 Å². The van der Waals surface area contributed by atoms with Gasteiger partial charge < -0.3 is 19.5 Å². The largest absolute Gasteiger partial charge is 0.378 e.